The Hall–Kier alpha value is -3.46. The Morgan fingerprint density at radius 2 is 1.93 bits per heavy atom. The molecule has 0 aliphatic rings. The van der Waals surface area contributed by atoms with Crippen molar-refractivity contribution in [2.24, 2.45) is 0 Å². The van der Waals surface area contributed by atoms with Crippen LogP contribution in [0, 0.1) is 24.1 Å². The summed E-state index contributed by atoms with van der Waals surface area (Å²) >= 11 is 0. The van der Waals surface area contributed by atoms with Gasteiger partial charge in [-0.25, -0.2) is 9.07 Å². The molecule has 6 heteroatoms. The fourth-order valence-electron chi connectivity index (χ4n) is 3.25. The first kappa shape index (κ1) is 19.3. The van der Waals surface area contributed by atoms with Gasteiger partial charge in [-0.05, 0) is 50.6 Å². The van der Waals surface area contributed by atoms with Crippen LogP contribution < -0.4 is 0 Å². The number of halogens is 1. The van der Waals surface area contributed by atoms with Gasteiger partial charge in [0, 0.05) is 6.54 Å². The smallest absolute Gasteiger partial charge is 0.257 e. The highest BCUT2D eigenvalue weighted by Gasteiger charge is 2.25. The van der Waals surface area contributed by atoms with Crippen LogP contribution in [0.25, 0.3) is 5.69 Å². The average Bonchev–Trinajstić information content (AvgIpc) is 3.10. The molecule has 0 fully saturated rings. The number of hydrogen-bond acceptors (Lipinski definition) is 3. The van der Waals surface area contributed by atoms with Gasteiger partial charge in [0.05, 0.1) is 35.1 Å². The van der Waals surface area contributed by atoms with E-state index in [4.69, 9.17) is 5.26 Å². The van der Waals surface area contributed by atoms with Crippen LogP contribution in [0.1, 0.15) is 47.1 Å². The Morgan fingerprint density at radius 1 is 1.25 bits per heavy atom. The molecule has 5 nitrogen and oxygen atoms in total. The summed E-state index contributed by atoms with van der Waals surface area (Å²) in [4.78, 5) is 14.9. The summed E-state index contributed by atoms with van der Waals surface area (Å²) < 4.78 is 15.6. The SMILES string of the molecule is CCN(C(=O)c1cnn(-c2ccccc2F)c1C)C(C)c1ccc(C#N)cc1. The van der Waals surface area contributed by atoms with Gasteiger partial charge in [-0.15, -0.1) is 0 Å². The normalized spacial score (nSPS) is 11.7. The van der Waals surface area contributed by atoms with Crippen molar-refractivity contribution >= 4 is 5.91 Å². The van der Waals surface area contributed by atoms with Gasteiger partial charge in [-0.1, -0.05) is 24.3 Å². The molecule has 0 saturated carbocycles. The summed E-state index contributed by atoms with van der Waals surface area (Å²) in [5.41, 5.74) is 2.84. The van der Waals surface area contributed by atoms with Crippen molar-refractivity contribution in [1.29, 1.82) is 5.26 Å². The lowest BCUT2D eigenvalue weighted by atomic mass is 10.0. The van der Waals surface area contributed by atoms with Gasteiger partial charge in [0.15, 0.2) is 0 Å². The van der Waals surface area contributed by atoms with E-state index in [1.165, 1.54) is 16.9 Å². The second-order valence-corrected chi connectivity index (χ2v) is 6.51. The number of amides is 1. The number of carbonyl (C=O) groups is 1. The molecule has 0 bridgehead atoms. The van der Waals surface area contributed by atoms with E-state index >= 15 is 0 Å². The summed E-state index contributed by atoms with van der Waals surface area (Å²) in [7, 11) is 0. The van der Waals surface area contributed by atoms with Crippen molar-refractivity contribution in [1.82, 2.24) is 14.7 Å². The molecule has 1 heterocycles. The summed E-state index contributed by atoms with van der Waals surface area (Å²) in [6.45, 7) is 6.12. The number of aromatic nitrogens is 2. The predicted octanol–water partition coefficient (Wildman–Crippen LogP) is 4.41. The molecule has 3 aromatic rings. The topological polar surface area (TPSA) is 61.9 Å². The molecule has 3 rings (SSSR count). The molecule has 0 aliphatic heterocycles. The maximum Gasteiger partial charge on any atom is 0.257 e. The minimum atomic E-state index is -0.397. The first-order valence-electron chi connectivity index (χ1n) is 9.08. The molecular weight excluding hydrogens is 355 g/mol. The van der Waals surface area contributed by atoms with E-state index in [0.717, 1.165) is 5.56 Å². The van der Waals surface area contributed by atoms with Crippen molar-refractivity contribution in [2.45, 2.75) is 26.8 Å². The first-order chi connectivity index (χ1) is 13.5. The monoisotopic (exact) mass is 376 g/mol. The summed E-state index contributed by atoms with van der Waals surface area (Å²) in [5, 5.41) is 13.2. The quantitative estimate of drug-likeness (QED) is 0.662. The number of para-hydroxylation sites is 1. The fraction of sp³-hybridized carbons (Fsp3) is 0.227. The molecule has 28 heavy (non-hydrogen) atoms. The van der Waals surface area contributed by atoms with Crippen LogP contribution in [-0.2, 0) is 0 Å². The molecule has 1 amide bonds. The zero-order valence-electron chi connectivity index (χ0n) is 16.1. The number of carbonyl (C=O) groups excluding carboxylic acids is 1. The molecular formula is C22H21FN4O. The lowest BCUT2D eigenvalue weighted by Gasteiger charge is -2.28. The minimum Gasteiger partial charge on any atom is -0.332 e. The standard InChI is InChI=1S/C22H21FN4O/c1-4-26(15(2)18-11-9-17(13-24)10-12-18)22(28)19-14-25-27(16(19)3)21-8-6-5-7-20(21)23/h5-12,14-15H,4H2,1-3H3. The third kappa shape index (κ3) is 3.52. The van der Waals surface area contributed by atoms with Gasteiger partial charge in [0.2, 0.25) is 0 Å². The fourth-order valence-corrected chi connectivity index (χ4v) is 3.25. The van der Waals surface area contributed by atoms with Crippen molar-refractivity contribution in [3.05, 3.63) is 82.9 Å². The Labute approximate surface area is 163 Å². The Bertz CT molecular complexity index is 1030. The van der Waals surface area contributed by atoms with E-state index in [0.29, 0.717) is 29.1 Å². The van der Waals surface area contributed by atoms with E-state index in [1.807, 2.05) is 26.0 Å². The van der Waals surface area contributed by atoms with Crippen LogP contribution in [0.4, 0.5) is 4.39 Å². The van der Waals surface area contributed by atoms with Crippen LogP contribution in [0.3, 0.4) is 0 Å². The van der Waals surface area contributed by atoms with Crippen molar-refractivity contribution in [3.8, 4) is 11.8 Å². The maximum absolute atomic E-state index is 14.1. The first-order valence-corrected chi connectivity index (χ1v) is 9.08. The van der Waals surface area contributed by atoms with E-state index in [9.17, 15) is 9.18 Å². The summed E-state index contributed by atoms with van der Waals surface area (Å²) in [5.74, 6) is -0.564. The molecule has 142 valence electrons. The Balaban J connectivity index is 1.91. The number of rotatable bonds is 5. The molecule has 1 unspecified atom stereocenters. The molecule has 0 N–H and O–H groups in total. The highest BCUT2D eigenvalue weighted by Crippen LogP contribution is 2.25. The zero-order chi connectivity index (χ0) is 20.3. The second kappa shape index (κ2) is 8.05. The van der Waals surface area contributed by atoms with E-state index < -0.39 is 5.82 Å². The van der Waals surface area contributed by atoms with Crippen molar-refractivity contribution in [2.75, 3.05) is 6.54 Å². The van der Waals surface area contributed by atoms with Gasteiger partial charge in [0.25, 0.3) is 5.91 Å². The number of hydrogen-bond donors (Lipinski definition) is 0. The third-order valence-corrected chi connectivity index (χ3v) is 4.91. The maximum atomic E-state index is 14.1. The molecule has 1 atom stereocenters. The third-order valence-electron chi connectivity index (χ3n) is 4.91. The molecule has 2 aromatic carbocycles. The predicted molar refractivity (Wildman–Crippen MR) is 105 cm³/mol. The van der Waals surface area contributed by atoms with E-state index in [-0.39, 0.29) is 11.9 Å². The second-order valence-electron chi connectivity index (χ2n) is 6.51. The largest absolute Gasteiger partial charge is 0.332 e. The Kier molecular flexibility index (Phi) is 5.55. The van der Waals surface area contributed by atoms with Crippen LogP contribution in [-0.4, -0.2) is 27.1 Å². The number of nitrogens with zero attached hydrogens (tertiary/aromatic N) is 4. The van der Waals surface area contributed by atoms with Gasteiger partial charge in [-0.2, -0.15) is 10.4 Å². The van der Waals surface area contributed by atoms with Gasteiger partial charge in [0.1, 0.15) is 11.5 Å². The lowest BCUT2D eigenvalue weighted by molar-refractivity contribution is 0.0701. The summed E-state index contributed by atoms with van der Waals surface area (Å²) in [6, 6.07) is 15.4. The average molecular weight is 376 g/mol. The molecule has 0 spiro atoms. The molecule has 0 aliphatic carbocycles. The van der Waals surface area contributed by atoms with Gasteiger partial charge >= 0.3 is 0 Å². The van der Waals surface area contributed by atoms with E-state index in [1.54, 1.807) is 42.2 Å². The molecule has 0 radical (unpaired) electrons. The lowest BCUT2D eigenvalue weighted by Crippen LogP contribution is -2.33. The van der Waals surface area contributed by atoms with Crippen molar-refractivity contribution in [3.63, 3.8) is 0 Å². The van der Waals surface area contributed by atoms with Crippen LogP contribution >= 0.6 is 0 Å². The highest BCUT2D eigenvalue weighted by molar-refractivity contribution is 5.95. The van der Waals surface area contributed by atoms with Crippen LogP contribution in [0.15, 0.2) is 54.7 Å². The number of nitriles is 1. The number of benzene rings is 2. The molecule has 0 saturated heterocycles. The van der Waals surface area contributed by atoms with Gasteiger partial charge in [-0.3, -0.25) is 4.79 Å². The van der Waals surface area contributed by atoms with Gasteiger partial charge < -0.3 is 4.90 Å². The highest BCUT2D eigenvalue weighted by atomic mass is 19.1. The summed E-state index contributed by atoms with van der Waals surface area (Å²) in [6.07, 6.45) is 1.48. The zero-order valence-corrected chi connectivity index (χ0v) is 16.1. The molecule has 1 aromatic heterocycles. The van der Waals surface area contributed by atoms with E-state index in [2.05, 4.69) is 11.2 Å². The van der Waals surface area contributed by atoms with Crippen molar-refractivity contribution < 1.29 is 9.18 Å². The Morgan fingerprint density at radius 3 is 2.54 bits per heavy atom. The van der Waals surface area contributed by atoms with Crippen LogP contribution in [0.2, 0.25) is 0 Å². The minimum absolute atomic E-state index is 0.167. The van der Waals surface area contributed by atoms with Crippen LogP contribution in [0.5, 0.6) is 0 Å².